The fourth-order valence-electron chi connectivity index (χ4n) is 2.65. The molecule has 21 heavy (non-hydrogen) atoms. The van der Waals surface area contributed by atoms with E-state index in [-0.39, 0.29) is 6.10 Å². The molecule has 0 saturated carbocycles. The topological polar surface area (TPSA) is 78.3 Å². The van der Waals surface area contributed by atoms with Crippen LogP contribution in [0.2, 0.25) is 0 Å². The molecule has 108 valence electrons. The highest BCUT2D eigenvalue weighted by Gasteiger charge is 2.25. The van der Waals surface area contributed by atoms with Crippen molar-refractivity contribution in [2.24, 2.45) is 0 Å². The van der Waals surface area contributed by atoms with E-state index in [1.165, 1.54) is 11.3 Å². The Morgan fingerprint density at radius 2 is 2.29 bits per heavy atom. The summed E-state index contributed by atoms with van der Waals surface area (Å²) in [5.41, 5.74) is 8.76. The van der Waals surface area contributed by atoms with Crippen molar-refractivity contribution in [3.05, 3.63) is 29.6 Å². The van der Waals surface area contributed by atoms with Gasteiger partial charge in [-0.1, -0.05) is 11.3 Å². The lowest BCUT2D eigenvalue weighted by molar-refractivity contribution is 0.103. The van der Waals surface area contributed by atoms with Crippen LogP contribution in [0.25, 0.3) is 15.5 Å². The van der Waals surface area contributed by atoms with Gasteiger partial charge >= 0.3 is 0 Å². The van der Waals surface area contributed by atoms with Crippen LogP contribution in [0.15, 0.2) is 18.2 Å². The van der Waals surface area contributed by atoms with Crippen LogP contribution in [0.5, 0.6) is 0 Å². The zero-order chi connectivity index (χ0) is 14.4. The molecule has 7 heteroatoms. The van der Waals surface area contributed by atoms with E-state index in [2.05, 4.69) is 15.3 Å². The monoisotopic (exact) mass is 301 g/mol. The number of nitrogens with zero attached hydrogens (tertiary/aromatic N) is 4. The molecule has 3 aromatic rings. The Morgan fingerprint density at radius 1 is 1.38 bits per heavy atom. The molecule has 2 N–H and O–H groups in total. The molecule has 3 heterocycles. The van der Waals surface area contributed by atoms with E-state index in [4.69, 9.17) is 10.5 Å². The van der Waals surface area contributed by atoms with Crippen molar-refractivity contribution in [3.63, 3.8) is 0 Å². The second-order valence-electron chi connectivity index (χ2n) is 5.24. The van der Waals surface area contributed by atoms with Crippen molar-refractivity contribution in [2.45, 2.75) is 25.9 Å². The van der Waals surface area contributed by atoms with E-state index in [1.807, 2.05) is 29.6 Å². The third-order valence-corrected chi connectivity index (χ3v) is 4.65. The average Bonchev–Trinajstić information content (AvgIpc) is 3.13. The summed E-state index contributed by atoms with van der Waals surface area (Å²) in [6, 6.07) is 5.85. The Hall–Kier alpha value is -1.99. The maximum absolute atomic E-state index is 5.81. The minimum atomic E-state index is 0.0162. The van der Waals surface area contributed by atoms with Gasteiger partial charge in [-0.3, -0.25) is 0 Å². The summed E-state index contributed by atoms with van der Waals surface area (Å²) >= 11 is 1.53. The van der Waals surface area contributed by atoms with Crippen molar-refractivity contribution in [1.82, 2.24) is 19.8 Å². The van der Waals surface area contributed by atoms with E-state index in [1.54, 1.807) is 0 Å². The first kappa shape index (κ1) is 12.7. The van der Waals surface area contributed by atoms with Gasteiger partial charge in [0.05, 0.1) is 0 Å². The number of hydrogen-bond acceptors (Lipinski definition) is 6. The molecular weight excluding hydrogens is 286 g/mol. The molecule has 0 radical (unpaired) electrons. The lowest BCUT2D eigenvalue weighted by Crippen LogP contribution is -2.03. The smallest absolute Gasteiger partial charge is 0.235 e. The number of hydrogen-bond donors (Lipinski definition) is 1. The highest BCUT2D eigenvalue weighted by atomic mass is 32.1. The van der Waals surface area contributed by atoms with Crippen molar-refractivity contribution >= 4 is 22.0 Å². The first-order valence-electron chi connectivity index (χ1n) is 6.92. The zero-order valence-corrected chi connectivity index (χ0v) is 12.4. The summed E-state index contributed by atoms with van der Waals surface area (Å²) in [7, 11) is 0. The van der Waals surface area contributed by atoms with Crippen LogP contribution in [0, 0.1) is 6.92 Å². The van der Waals surface area contributed by atoms with Gasteiger partial charge in [0.1, 0.15) is 11.1 Å². The Balaban J connectivity index is 1.80. The van der Waals surface area contributed by atoms with Gasteiger partial charge in [-0.05, 0) is 43.5 Å². The molecule has 1 aliphatic rings. The van der Waals surface area contributed by atoms with Crippen LogP contribution < -0.4 is 5.73 Å². The second kappa shape index (κ2) is 4.78. The zero-order valence-electron chi connectivity index (χ0n) is 11.6. The Labute approximate surface area is 125 Å². The average molecular weight is 301 g/mol. The summed E-state index contributed by atoms with van der Waals surface area (Å²) in [6.07, 6.45) is 2.06. The van der Waals surface area contributed by atoms with Gasteiger partial charge in [-0.15, -0.1) is 10.2 Å². The third-order valence-electron chi connectivity index (χ3n) is 3.71. The predicted octanol–water partition coefficient (Wildman–Crippen LogP) is 2.59. The number of fused-ring (bicyclic) bond motifs is 1. The van der Waals surface area contributed by atoms with Crippen molar-refractivity contribution in [3.8, 4) is 10.6 Å². The lowest BCUT2D eigenvalue weighted by atomic mass is 10.1. The molecule has 1 fully saturated rings. The van der Waals surface area contributed by atoms with E-state index in [9.17, 15) is 0 Å². The van der Waals surface area contributed by atoms with Crippen LogP contribution in [0.4, 0.5) is 5.69 Å². The number of nitrogens with two attached hydrogens (primary N) is 1. The van der Waals surface area contributed by atoms with E-state index in [0.717, 1.165) is 52.1 Å². The number of rotatable bonds is 2. The molecule has 2 aromatic heterocycles. The molecule has 6 nitrogen and oxygen atoms in total. The number of ether oxygens (including phenoxy) is 1. The molecule has 0 bridgehead atoms. The highest BCUT2D eigenvalue weighted by Crippen LogP contribution is 2.32. The number of aromatic nitrogens is 4. The molecule has 1 aromatic carbocycles. The van der Waals surface area contributed by atoms with Gasteiger partial charge in [-0.2, -0.15) is 9.61 Å². The van der Waals surface area contributed by atoms with Gasteiger partial charge < -0.3 is 10.5 Å². The summed E-state index contributed by atoms with van der Waals surface area (Å²) in [4.78, 5) is 0.798. The SMILES string of the molecule is Cc1cc(N)ccc1-c1nn2c(C3CCCO3)nnc2s1. The lowest BCUT2D eigenvalue weighted by Gasteiger charge is -2.05. The molecule has 0 amide bonds. The summed E-state index contributed by atoms with van der Waals surface area (Å²) in [6.45, 7) is 2.82. The number of anilines is 1. The highest BCUT2D eigenvalue weighted by molar-refractivity contribution is 7.19. The minimum Gasteiger partial charge on any atom is -0.399 e. The maximum Gasteiger partial charge on any atom is 0.235 e. The fourth-order valence-corrected chi connectivity index (χ4v) is 3.59. The van der Waals surface area contributed by atoms with Crippen molar-refractivity contribution in [1.29, 1.82) is 0 Å². The van der Waals surface area contributed by atoms with Crippen LogP contribution in [-0.2, 0) is 4.74 Å². The second-order valence-corrected chi connectivity index (χ2v) is 6.19. The largest absolute Gasteiger partial charge is 0.399 e. The molecule has 1 saturated heterocycles. The number of nitrogen functional groups attached to an aromatic ring is 1. The van der Waals surface area contributed by atoms with Crippen LogP contribution >= 0.6 is 11.3 Å². The summed E-state index contributed by atoms with van der Waals surface area (Å²) < 4.78 is 7.50. The fraction of sp³-hybridized carbons (Fsp3) is 0.357. The van der Waals surface area contributed by atoms with Crippen molar-refractivity contribution < 1.29 is 4.74 Å². The van der Waals surface area contributed by atoms with Gasteiger partial charge in [0, 0.05) is 17.9 Å². The molecule has 0 aliphatic carbocycles. The standard InChI is InChI=1S/C14H15N5OS/c1-8-7-9(15)4-5-10(8)13-18-19-12(11-3-2-6-20-11)16-17-14(19)21-13/h4-5,7,11H,2-3,6,15H2,1H3. The van der Waals surface area contributed by atoms with Gasteiger partial charge in [0.25, 0.3) is 0 Å². The first-order valence-corrected chi connectivity index (χ1v) is 7.74. The van der Waals surface area contributed by atoms with Gasteiger partial charge in [0.2, 0.25) is 4.96 Å². The normalized spacial score (nSPS) is 18.6. The minimum absolute atomic E-state index is 0.0162. The van der Waals surface area contributed by atoms with E-state index >= 15 is 0 Å². The van der Waals surface area contributed by atoms with Crippen LogP contribution in [-0.4, -0.2) is 26.4 Å². The van der Waals surface area contributed by atoms with Gasteiger partial charge in [-0.25, -0.2) is 0 Å². The Kier molecular flexibility index (Phi) is 2.90. The van der Waals surface area contributed by atoms with Gasteiger partial charge in [0.15, 0.2) is 5.82 Å². The molecule has 4 rings (SSSR count). The van der Waals surface area contributed by atoms with E-state index < -0.39 is 0 Å². The predicted molar refractivity (Wildman–Crippen MR) is 81.2 cm³/mol. The maximum atomic E-state index is 5.81. The summed E-state index contributed by atoms with van der Waals surface area (Å²) in [5.74, 6) is 0.804. The molecular formula is C14H15N5OS. The quantitative estimate of drug-likeness (QED) is 0.736. The van der Waals surface area contributed by atoms with E-state index in [0.29, 0.717) is 0 Å². The van der Waals surface area contributed by atoms with Crippen LogP contribution in [0.1, 0.15) is 30.3 Å². The van der Waals surface area contributed by atoms with Crippen molar-refractivity contribution in [2.75, 3.05) is 12.3 Å². The Morgan fingerprint density at radius 3 is 3.05 bits per heavy atom. The molecule has 1 unspecified atom stereocenters. The number of benzene rings is 1. The summed E-state index contributed by atoms with van der Waals surface area (Å²) in [5, 5.41) is 14.0. The number of aryl methyl sites for hydroxylation is 1. The molecule has 1 atom stereocenters. The Bertz CT molecular complexity index is 803. The van der Waals surface area contributed by atoms with Crippen LogP contribution in [0.3, 0.4) is 0 Å². The molecule has 1 aliphatic heterocycles. The molecule has 0 spiro atoms. The third kappa shape index (κ3) is 2.09. The first-order chi connectivity index (χ1) is 10.2.